The van der Waals surface area contributed by atoms with Gasteiger partial charge >= 0.3 is 12.1 Å². The molecule has 1 aliphatic carbocycles. The number of hydrogen-bond donors (Lipinski definition) is 1. The fraction of sp³-hybridized carbons (Fsp3) is 0.412. The van der Waals surface area contributed by atoms with Crippen LogP contribution >= 0.6 is 0 Å². The number of hydrogen-bond acceptors (Lipinski definition) is 5. The van der Waals surface area contributed by atoms with E-state index in [1.165, 1.54) is 13.2 Å². The molecule has 1 amide bonds. The Bertz CT molecular complexity index is 599. The summed E-state index contributed by atoms with van der Waals surface area (Å²) >= 11 is 0. The van der Waals surface area contributed by atoms with Gasteiger partial charge in [0, 0.05) is 6.04 Å². The Morgan fingerprint density at radius 2 is 2.13 bits per heavy atom. The number of carbonyl (C=O) groups excluding carboxylic acids is 2. The van der Waals surface area contributed by atoms with Crippen molar-refractivity contribution in [2.75, 3.05) is 20.8 Å². The maximum absolute atomic E-state index is 12.1. The van der Waals surface area contributed by atoms with Gasteiger partial charge in [-0.15, -0.1) is 0 Å². The van der Waals surface area contributed by atoms with Crippen molar-refractivity contribution in [2.45, 2.75) is 18.9 Å². The lowest BCUT2D eigenvalue weighted by Crippen LogP contribution is -2.48. The van der Waals surface area contributed by atoms with Crippen molar-refractivity contribution >= 4 is 12.1 Å². The lowest BCUT2D eigenvalue weighted by atomic mass is 9.79. The summed E-state index contributed by atoms with van der Waals surface area (Å²) in [7, 11) is 2.94. The van der Waals surface area contributed by atoms with Gasteiger partial charge in [0.15, 0.2) is 0 Å². The number of fused-ring (bicyclic) bond motifs is 1. The molecule has 0 fully saturated rings. The van der Waals surface area contributed by atoms with Crippen LogP contribution in [-0.2, 0) is 27.1 Å². The zero-order chi connectivity index (χ0) is 16.8. The minimum Gasteiger partial charge on any atom is -0.496 e. The maximum Gasteiger partial charge on any atom is 0.407 e. The third-order valence-electron chi connectivity index (χ3n) is 3.94. The molecule has 0 bridgehead atoms. The SMILES string of the molecule is C=CCOC(=O)N[C@H]1Cc2cccc(OC)c2C[C@H]1C(=O)OC. The average Bonchev–Trinajstić information content (AvgIpc) is 2.57. The molecule has 0 saturated heterocycles. The first-order valence-corrected chi connectivity index (χ1v) is 7.37. The average molecular weight is 319 g/mol. The Labute approximate surface area is 135 Å². The Balaban J connectivity index is 2.23. The number of rotatable bonds is 5. The van der Waals surface area contributed by atoms with Crippen LogP contribution in [0.1, 0.15) is 11.1 Å². The molecule has 23 heavy (non-hydrogen) atoms. The van der Waals surface area contributed by atoms with E-state index in [9.17, 15) is 9.59 Å². The second kappa shape index (κ2) is 7.67. The standard InChI is InChI=1S/C17H21NO5/c1-4-8-23-17(20)18-14-9-11-6-5-7-15(21-2)12(11)10-13(14)16(19)22-3/h4-7,13-14H,1,8-10H2,2-3H3,(H,18,20)/t13-,14+/m1/s1. The quantitative estimate of drug-likeness (QED) is 0.662. The third kappa shape index (κ3) is 3.83. The normalized spacial score (nSPS) is 19.2. The van der Waals surface area contributed by atoms with E-state index in [0.717, 1.165) is 16.9 Å². The lowest BCUT2D eigenvalue weighted by molar-refractivity contribution is -0.146. The molecule has 6 nitrogen and oxygen atoms in total. The van der Waals surface area contributed by atoms with Crippen LogP contribution in [0.5, 0.6) is 5.75 Å². The number of methoxy groups -OCH3 is 2. The Morgan fingerprint density at radius 3 is 2.78 bits per heavy atom. The van der Waals surface area contributed by atoms with E-state index >= 15 is 0 Å². The molecule has 0 saturated carbocycles. The molecule has 6 heteroatoms. The van der Waals surface area contributed by atoms with Gasteiger partial charge in [-0.2, -0.15) is 0 Å². The predicted molar refractivity (Wildman–Crippen MR) is 84.4 cm³/mol. The van der Waals surface area contributed by atoms with E-state index in [1.807, 2.05) is 18.2 Å². The summed E-state index contributed by atoms with van der Waals surface area (Å²) in [6.07, 6.45) is 1.86. The minimum atomic E-state index is -0.574. The highest BCUT2D eigenvalue weighted by Crippen LogP contribution is 2.33. The van der Waals surface area contributed by atoms with Crippen molar-refractivity contribution < 1.29 is 23.8 Å². The highest BCUT2D eigenvalue weighted by atomic mass is 16.5. The first-order chi connectivity index (χ1) is 11.1. The lowest BCUT2D eigenvalue weighted by Gasteiger charge is -2.32. The Hall–Kier alpha value is -2.50. The van der Waals surface area contributed by atoms with Crippen molar-refractivity contribution in [3.05, 3.63) is 42.0 Å². The maximum atomic E-state index is 12.1. The fourth-order valence-electron chi connectivity index (χ4n) is 2.84. The molecule has 0 aliphatic heterocycles. The van der Waals surface area contributed by atoms with E-state index in [2.05, 4.69) is 11.9 Å². The first-order valence-electron chi connectivity index (χ1n) is 7.37. The van der Waals surface area contributed by atoms with E-state index in [4.69, 9.17) is 14.2 Å². The van der Waals surface area contributed by atoms with Gasteiger partial charge in [-0.1, -0.05) is 24.8 Å². The third-order valence-corrected chi connectivity index (χ3v) is 3.94. The summed E-state index contributed by atoms with van der Waals surface area (Å²) in [4.78, 5) is 23.9. The molecule has 0 aromatic heterocycles. The zero-order valence-electron chi connectivity index (χ0n) is 13.3. The molecular formula is C17H21NO5. The zero-order valence-corrected chi connectivity index (χ0v) is 13.3. The molecule has 2 atom stereocenters. The van der Waals surface area contributed by atoms with E-state index in [1.54, 1.807) is 7.11 Å². The Kier molecular flexibility index (Phi) is 5.62. The highest BCUT2D eigenvalue weighted by Gasteiger charge is 2.36. The van der Waals surface area contributed by atoms with Crippen molar-refractivity contribution in [2.24, 2.45) is 5.92 Å². The van der Waals surface area contributed by atoms with Crippen LogP contribution < -0.4 is 10.1 Å². The fourth-order valence-corrected chi connectivity index (χ4v) is 2.84. The van der Waals surface area contributed by atoms with Crippen LogP contribution in [0.4, 0.5) is 4.79 Å². The molecule has 1 aromatic carbocycles. The van der Waals surface area contributed by atoms with Gasteiger partial charge in [0.05, 0.1) is 20.1 Å². The molecule has 0 spiro atoms. The number of amides is 1. The van der Waals surface area contributed by atoms with Crippen LogP contribution in [0.25, 0.3) is 0 Å². The van der Waals surface area contributed by atoms with Crippen molar-refractivity contribution in [1.82, 2.24) is 5.32 Å². The molecule has 1 aliphatic rings. The van der Waals surface area contributed by atoms with Crippen LogP contribution in [0, 0.1) is 5.92 Å². The van der Waals surface area contributed by atoms with Gasteiger partial charge in [-0.05, 0) is 30.0 Å². The van der Waals surface area contributed by atoms with Gasteiger partial charge in [-0.25, -0.2) is 4.79 Å². The molecular weight excluding hydrogens is 298 g/mol. The van der Waals surface area contributed by atoms with Crippen molar-refractivity contribution in [3.8, 4) is 5.75 Å². The molecule has 1 N–H and O–H groups in total. The largest absolute Gasteiger partial charge is 0.496 e. The molecule has 0 radical (unpaired) electrons. The van der Waals surface area contributed by atoms with Crippen molar-refractivity contribution in [1.29, 1.82) is 0 Å². The summed E-state index contributed by atoms with van der Waals surface area (Å²) < 4.78 is 15.2. The topological polar surface area (TPSA) is 73.9 Å². The van der Waals surface area contributed by atoms with Crippen LogP contribution in [0.15, 0.2) is 30.9 Å². The summed E-state index contributed by atoms with van der Waals surface area (Å²) in [6.45, 7) is 3.61. The van der Waals surface area contributed by atoms with Gasteiger partial charge in [-0.3, -0.25) is 4.79 Å². The predicted octanol–water partition coefficient (Wildman–Crippen LogP) is 1.86. The van der Waals surface area contributed by atoms with Crippen LogP contribution in [0.3, 0.4) is 0 Å². The second-order valence-corrected chi connectivity index (χ2v) is 5.27. The first kappa shape index (κ1) is 16.9. The summed E-state index contributed by atoms with van der Waals surface area (Å²) in [5.41, 5.74) is 2.02. The number of alkyl carbamates (subject to hydrolysis) is 1. The molecule has 124 valence electrons. The summed E-state index contributed by atoms with van der Waals surface area (Å²) in [5.74, 6) is -0.111. The molecule has 1 aromatic rings. The molecule has 0 heterocycles. The minimum absolute atomic E-state index is 0.117. The van der Waals surface area contributed by atoms with Gasteiger partial charge in [0.25, 0.3) is 0 Å². The smallest absolute Gasteiger partial charge is 0.407 e. The Morgan fingerprint density at radius 1 is 1.35 bits per heavy atom. The van der Waals surface area contributed by atoms with E-state index in [0.29, 0.717) is 12.8 Å². The van der Waals surface area contributed by atoms with Crippen molar-refractivity contribution in [3.63, 3.8) is 0 Å². The molecule has 0 unspecified atom stereocenters. The second-order valence-electron chi connectivity index (χ2n) is 5.27. The van der Waals surface area contributed by atoms with Gasteiger partial charge < -0.3 is 19.5 Å². The number of esters is 1. The summed E-state index contributed by atoms with van der Waals surface area (Å²) in [6, 6.07) is 5.33. The van der Waals surface area contributed by atoms with E-state index < -0.39 is 12.0 Å². The number of nitrogens with one attached hydrogen (secondary N) is 1. The number of ether oxygens (including phenoxy) is 3. The highest BCUT2D eigenvalue weighted by molar-refractivity contribution is 5.76. The number of benzene rings is 1. The van der Waals surface area contributed by atoms with E-state index in [-0.39, 0.29) is 18.6 Å². The summed E-state index contributed by atoms with van der Waals surface area (Å²) in [5, 5.41) is 2.75. The molecule has 2 rings (SSSR count). The monoisotopic (exact) mass is 319 g/mol. The van der Waals surface area contributed by atoms with Gasteiger partial charge in [0.2, 0.25) is 0 Å². The van der Waals surface area contributed by atoms with Gasteiger partial charge in [0.1, 0.15) is 12.4 Å². The number of carbonyl (C=O) groups is 2. The van der Waals surface area contributed by atoms with Crippen LogP contribution in [0.2, 0.25) is 0 Å². The van der Waals surface area contributed by atoms with Crippen LogP contribution in [-0.4, -0.2) is 38.9 Å².